The summed E-state index contributed by atoms with van der Waals surface area (Å²) >= 11 is 0. The molecule has 6 nitrogen and oxygen atoms in total. The first-order valence-corrected chi connectivity index (χ1v) is 12.8. The monoisotopic (exact) mass is 443 g/mol. The van der Waals surface area contributed by atoms with Crippen LogP contribution in [0.5, 0.6) is 0 Å². The molecule has 2 aromatic carbocycles. The maximum Gasteiger partial charge on any atom is 0.243 e. The number of carbonyl (C=O) groups is 1. The van der Waals surface area contributed by atoms with Gasteiger partial charge >= 0.3 is 0 Å². The summed E-state index contributed by atoms with van der Waals surface area (Å²) in [5.74, 6) is 1.20. The molecule has 4 rings (SSSR count). The molecule has 0 unspecified atom stereocenters. The number of carbonyl (C=O) groups excluding carboxylic acids is 1. The van der Waals surface area contributed by atoms with E-state index in [0.29, 0.717) is 49.5 Å². The lowest BCUT2D eigenvalue weighted by Gasteiger charge is -2.36. The van der Waals surface area contributed by atoms with Gasteiger partial charge in [0.25, 0.3) is 0 Å². The lowest BCUT2D eigenvalue weighted by Crippen LogP contribution is -2.52. The minimum Gasteiger partial charge on any atom is -0.352 e. The zero-order valence-corrected chi connectivity index (χ0v) is 19.3. The number of sulfonamides is 1. The van der Waals surface area contributed by atoms with Gasteiger partial charge in [0.1, 0.15) is 0 Å². The quantitative estimate of drug-likeness (QED) is 0.771. The Morgan fingerprint density at radius 3 is 2.45 bits per heavy atom. The Kier molecular flexibility index (Phi) is 6.65. The number of rotatable bonds is 5. The predicted octanol–water partition coefficient (Wildman–Crippen LogP) is 3.09. The van der Waals surface area contributed by atoms with Crippen LogP contribution >= 0.6 is 0 Å². The van der Waals surface area contributed by atoms with Gasteiger partial charge in [-0.3, -0.25) is 9.69 Å². The third kappa shape index (κ3) is 4.94. The fraction of sp³-hybridized carbons (Fsp3) is 0.542. The molecule has 1 aliphatic heterocycles. The molecule has 1 amide bonds. The molecule has 168 valence electrons. The van der Waals surface area contributed by atoms with E-state index < -0.39 is 10.0 Å². The van der Waals surface area contributed by atoms with Gasteiger partial charge < -0.3 is 5.32 Å². The van der Waals surface area contributed by atoms with Crippen molar-refractivity contribution in [3.05, 3.63) is 42.5 Å². The molecule has 1 saturated heterocycles. The maximum atomic E-state index is 13.1. The third-order valence-electron chi connectivity index (χ3n) is 7.11. The Hall–Kier alpha value is -1.96. The Morgan fingerprint density at radius 1 is 1.00 bits per heavy atom. The number of nitrogens with one attached hydrogen (secondary N) is 1. The highest BCUT2D eigenvalue weighted by Gasteiger charge is 2.31. The van der Waals surface area contributed by atoms with E-state index in [9.17, 15) is 13.2 Å². The number of fused-ring (bicyclic) bond motifs is 1. The van der Waals surface area contributed by atoms with E-state index in [4.69, 9.17) is 0 Å². The van der Waals surface area contributed by atoms with Crippen LogP contribution in [0.4, 0.5) is 0 Å². The molecular formula is C24H33N3O3S. The highest BCUT2D eigenvalue weighted by Crippen LogP contribution is 2.29. The van der Waals surface area contributed by atoms with E-state index >= 15 is 0 Å². The summed E-state index contributed by atoms with van der Waals surface area (Å²) in [6, 6.07) is 13.3. The minimum absolute atomic E-state index is 0.0526. The van der Waals surface area contributed by atoms with Crippen LogP contribution in [-0.2, 0) is 14.8 Å². The lowest BCUT2D eigenvalue weighted by molar-refractivity contribution is -0.124. The summed E-state index contributed by atoms with van der Waals surface area (Å²) in [6.45, 7) is 6.76. The van der Waals surface area contributed by atoms with Crippen molar-refractivity contribution in [2.75, 3.05) is 32.7 Å². The second-order valence-electron chi connectivity index (χ2n) is 9.13. The van der Waals surface area contributed by atoms with Crippen LogP contribution in [-0.4, -0.2) is 62.3 Å². The van der Waals surface area contributed by atoms with Crippen LogP contribution in [0, 0.1) is 11.8 Å². The van der Waals surface area contributed by atoms with Crippen molar-refractivity contribution in [3.8, 4) is 0 Å². The number of hydrogen-bond donors (Lipinski definition) is 1. The molecule has 1 N–H and O–H groups in total. The molecule has 3 atom stereocenters. The maximum absolute atomic E-state index is 13.1. The van der Waals surface area contributed by atoms with Crippen LogP contribution in [0.2, 0.25) is 0 Å². The molecule has 1 heterocycles. The predicted molar refractivity (Wildman–Crippen MR) is 123 cm³/mol. The third-order valence-corrected chi connectivity index (χ3v) is 9.01. The van der Waals surface area contributed by atoms with Crippen molar-refractivity contribution in [1.29, 1.82) is 0 Å². The first-order chi connectivity index (χ1) is 14.8. The van der Waals surface area contributed by atoms with Gasteiger partial charge in [-0.15, -0.1) is 0 Å². The van der Waals surface area contributed by atoms with Gasteiger partial charge in [0, 0.05) is 32.2 Å². The smallest absolute Gasteiger partial charge is 0.243 e. The van der Waals surface area contributed by atoms with Crippen molar-refractivity contribution in [1.82, 2.24) is 14.5 Å². The van der Waals surface area contributed by atoms with Crippen molar-refractivity contribution in [2.24, 2.45) is 11.8 Å². The Bertz CT molecular complexity index is 1030. The summed E-state index contributed by atoms with van der Waals surface area (Å²) < 4.78 is 27.8. The van der Waals surface area contributed by atoms with E-state index in [0.717, 1.165) is 17.2 Å². The fourth-order valence-corrected chi connectivity index (χ4v) is 6.30. The average Bonchev–Trinajstić information content (AvgIpc) is 2.77. The van der Waals surface area contributed by atoms with Gasteiger partial charge in [-0.25, -0.2) is 8.42 Å². The van der Waals surface area contributed by atoms with Crippen molar-refractivity contribution in [2.45, 2.75) is 44.0 Å². The zero-order valence-electron chi connectivity index (χ0n) is 18.5. The van der Waals surface area contributed by atoms with E-state index in [1.807, 2.05) is 30.3 Å². The molecule has 1 aliphatic carbocycles. The summed E-state index contributed by atoms with van der Waals surface area (Å²) in [7, 11) is -3.54. The molecule has 0 bridgehead atoms. The largest absolute Gasteiger partial charge is 0.352 e. The standard InChI is InChI=1S/C24H33N3O3S/c1-18-6-5-9-23(19(18)2)25-24(28)17-26-12-14-27(15-13-26)31(29,30)22-11-10-20-7-3-4-8-21(20)16-22/h3-4,7-8,10-11,16,18-19,23H,5-6,9,12-15,17H2,1-2H3,(H,25,28)/t18-,19-,23-/m1/s1. The van der Waals surface area contributed by atoms with Gasteiger partial charge in [0.05, 0.1) is 11.4 Å². The van der Waals surface area contributed by atoms with Crippen LogP contribution in [0.15, 0.2) is 47.4 Å². The highest BCUT2D eigenvalue weighted by atomic mass is 32.2. The molecule has 2 aliphatic rings. The lowest BCUT2D eigenvalue weighted by atomic mass is 9.78. The van der Waals surface area contributed by atoms with E-state index in [1.165, 1.54) is 17.1 Å². The van der Waals surface area contributed by atoms with Crippen LogP contribution in [0.1, 0.15) is 33.1 Å². The van der Waals surface area contributed by atoms with Crippen LogP contribution < -0.4 is 5.32 Å². The molecule has 31 heavy (non-hydrogen) atoms. The zero-order chi connectivity index (χ0) is 22.0. The summed E-state index contributed by atoms with van der Waals surface area (Å²) in [5, 5.41) is 5.17. The Labute approximate surface area is 185 Å². The van der Waals surface area contributed by atoms with Gasteiger partial charge in [0.15, 0.2) is 0 Å². The number of amides is 1. The van der Waals surface area contributed by atoms with Gasteiger partial charge in [0.2, 0.25) is 15.9 Å². The number of nitrogens with zero attached hydrogens (tertiary/aromatic N) is 2. The SMILES string of the molecule is C[C@@H]1[C@H](C)CCC[C@H]1NC(=O)CN1CCN(S(=O)(=O)c2ccc3ccccc3c2)CC1. The van der Waals surface area contributed by atoms with Gasteiger partial charge in [-0.05, 0) is 41.2 Å². The first kappa shape index (κ1) is 22.2. The van der Waals surface area contributed by atoms with Crippen LogP contribution in [0.25, 0.3) is 10.8 Å². The van der Waals surface area contributed by atoms with Gasteiger partial charge in [-0.2, -0.15) is 4.31 Å². The Balaban J connectivity index is 1.32. The molecule has 2 aromatic rings. The van der Waals surface area contributed by atoms with Crippen molar-refractivity contribution >= 4 is 26.7 Å². The molecule has 2 fully saturated rings. The van der Waals surface area contributed by atoms with E-state index in [2.05, 4.69) is 24.1 Å². The summed E-state index contributed by atoms with van der Waals surface area (Å²) in [5.41, 5.74) is 0. The molecule has 0 aromatic heterocycles. The molecule has 0 spiro atoms. The van der Waals surface area contributed by atoms with Crippen LogP contribution in [0.3, 0.4) is 0 Å². The fourth-order valence-electron chi connectivity index (χ4n) is 4.85. The highest BCUT2D eigenvalue weighted by molar-refractivity contribution is 7.89. The molecule has 7 heteroatoms. The molecular weight excluding hydrogens is 410 g/mol. The van der Waals surface area contributed by atoms with Gasteiger partial charge in [-0.1, -0.05) is 57.0 Å². The van der Waals surface area contributed by atoms with Crippen molar-refractivity contribution in [3.63, 3.8) is 0 Å². The number of piperazine rings is 1. The van der Waals surface area contributed by atoms with Crippen molar-refractivity contribution < 1.29 is 13.2 Å². The number of benzene rings is 2. The first-order valence-electron chi connectivity index (χ1n) is 11.4. The van der Waals surface area contributed by atoms with E-state index in [-0.39, 0.29) is 11.9 Å². The topological polar surface area (TPSA) is 69.7 Å². The molecule has 1 saturated carbocycles. The summed E-state index contributed by atoms with van der Waals surface area (Å²) in [4.78, 5) is 15.0. The second-order valence-corrected chi connectivity index (χ2v) is 11.1. The normalized spacial score (nSPS) is 26.1. The minimum atomic E-state index is -3.54. The number of hydrogen-bond acceptors (Lipinski definition) is 4. The average molecular weight is 444 g/mol. The molecule has 0 radical (unpaired) electrons. The second kappa shape index (κ2) is 9.27. The summed E-state index contributed by atoms with van der Waals surface area (Å²) in [6.07, 6.45) is 3.46. The Morgan fingerprint density at radius 2 is 1.71 bits per heavy atom. The van der Waals surface area contributed by atoms with E-state index in [1.54, 1.807) is 12.1 Å².